The molecule has 0 bridgehead atoms. The summed E-state index contributed by atoms with van der Waals surface area (Å²) < 4.78 is 32.7. The number of ether oxygens (including phenoxy) is 1. The summed E-state index contributed by atoms with van der Waals surface area (Å²) in [5, 5.41) is 3.07. The largest absolute Gasteiger partial charge is 0.496 e. The molecule has 0 unspecified atom stereocenters. The normalized spacial score (nSPS) is 15.7. The molecule has 6 nitrogen and oxygen atoms in total. The molecule has 2 aromatic rings. The number of rotatable bonds is 9. The van der Waals surface area contributed by atoms with Crippen LogP contribution in [0.2, 0.25) is 0 Å². The topological polar surface area (TPSA) is 75.7 Å². The molecule has 1 amide bonds. The van der Waals surface area contributed by atoms with Gasteiger partial charge >= 0.3 is 0 Å². The number of sulfonamides is 1. The van der Waals surface area contributed by atoms with Crippen molar-refractivity contribution in [1.29, 1.82) is 0 Å². The van der Waals surface area contributed by atoms with Gasteiger partial charge in [-0.3, -0.25) is 4.79 Å². The van der Waals surface area contributed by atoms with E-state index >= 15 is 0 Å². The van der Waals surface area contributed by atoms with Crippen LogP contribution in [0.15, 0.2) is 53.4 Å². The molecule has 2 aromatic carbocycles. The first-order chi connectivity index (χ1) is 14.5. The molecule has 1 N–H and O–H groups in total. The van der Waals surface area contributed by atoms with Gasteiger partial charge in [0.15, 0.2) is 0 Å². The molecule has 0 radical (unpaired) electrons. The van der Waals surface area contributed by atoms with Crippen molar-refractivity contribution in [3.8, 4) is 5.75 Å². The molecule has 1 aliphatic rings. The highest BCUT2D eigenvalue weighted by molar-refractivity contribution is 7.89. The number of aryl methyl sites for hydroxylation is 1. The van der Waals surface area contributed by atoms with Crippen LogP contribution in [0.5, 0.6) is 5.75 Å². The number of benzene rings is 2. The molecule has 1 atom stereocenters. The number of hydrogen-bond donors (Lipinski definition) is 1. The Labute approximate surface area is 179 Å². The van der Waals surface area contributed by atoms with Crippen LogP contribution in [0.3, 0.4) is 0 Å². The van der Waals surface area contributed by atoms with E-state index in [0.29, 0.717) is 25.3 Å². The molecule has 0 saturated carbocycles. The smallest absolute Gasteiger partial charge is 0.243 e. The number of amides is 1. The fourth-order valence-electron chi connectivity index (χ4n) is 3.81. The molecule has 3 rings (SSSR count). The minimum atomic E-state index is -3.51. The Hall–Kier alpha value is -2.38. The molecule has 162 valence electrons. The van der Waals surface area contributed by atoms with Gasteiger partial charge in [-0.2, -0.15) is 4.31 Å². The maximum absolute atomic E-state index is 12.9. The van der Waals surface area contributed by atoms with Gasteiger partial charge in [-0.25, -0.2) is 8.42 Å². The summed E-state index contributed by atoms with van der Waals surface area (Å²) in [5.41, 5.74) is 1.80. The van der Waals surface area contributed by atoms with Crippen molar-refractivity contribution in [2.75, 3.05) is 20.2 Å². The summed E-state index contributed by atoms with van der Waals surface area (Å²) in [5.74, 6) is 0.527. The SMILES string of the molecule is CC[C@H](NC(=O)CCc1cc(S(=O)(=O)N2CCCC2)ccc1OC)c1ccccc1. The van der Waals surface area contributed by atoms with Crippen molar-refractivity contribution in [3.63, 3.8) is 0 Å². The summed E-state index contributed by atoms with van der Waals surface area (Å²) in [4.78, 5) is 12.8. The van der Waals surface area contributed by atoms with Crippen molar-refractivity contribution in [2.24, 2.45) is 0 Å². The molecule has 7 heteroatoms. The van der Waals surface area contributed by atoms with E-state index in [4.69, 9.17) is 4.74 Å². The minimum absolute atomic E-state index is 0.0394. The quantitative estimate of drug-likeness (QED) is 0.658. The summed E-state index contributed by atoms with van der Waals surface area (Å²) in [7, 11) is -1.95. The van der Waals surface area contributed by atoms with Gasteiger partial charge in [0.2, 0.25) is 15.9 Å². The van der Waals surface area contributed by atoms with E-state index in [0.717, 1.165) is 30.4 Å². The Morgan fingerprint density at radius 3 is 2.47 bits per heavy atom. The lowest BCUT2D eigenvalue weighted by atomic mass is 10.0. The maximum atomic E-state index is 12.9. The van der Waals surface area contributed by atoms with E-state index in [2.05, 4.69) is 5.32 Å². The predicted octanol–water partition coefficient (Wildman–Crippen LogP) is 3.68. The zero-order valence-corrected chi connectivity index (χ0v) is 18.5. The molecule has 0 aliphatic carbocycles. The van der Waals surface area contributed by atoms with Gasteiger partial charge in [0.1, 0.15) is 5.75 Å². The molecule has 0 aromatic heterocycles. The van der Waals surface area contributed by atoms with E-state index in [9.17, 15) is 13.2 Å². The summed E-state index contributed by atoms with van der Waals surface area (Å²) >= 11 is 0. The third-order valence-corrected chi connectivity index (χ3v) is 7.42. The zero-order valence-electron chi connectivity index (χ0n) is 17.6. The summed E-state index contributed by atoms with van der Waals surface area (Å²) in [6.07, 6.45) is 3.24. The van der Waals surface area contributed by atoms with Crippen LogP contribution >= 0.6 is 0 Å². The van der Waals surface area contributed by atoms with Crippen molar-refractivity contribution >= 4 is 15.9 Å². The van der Waals surface area contributed by atoms with Crippen LogP contribution in [-0.4, -0.2) is 38.8 Å². The van der Waals surface area contributed by atoms with Gasteiger partial charge in [-0.15, -0.1) is 0 Å². The highest BCUT2D eigenvalue weighted by Gasteiger charge is 2.27. The minimum Gasteiger partial charge on any atom is -0.496 e. The second kappa shape index (κ2) is 10.1. The van der Waals surface area contributed by atoms with Crippen molar-refractivity contribution in [2.45, 2.75) is 50.0 Å². The highest BCUT2D eigenvalue weighted by atomic mass is 32.2. The number of nitrogens with one attached hydrogen (secondary N) is 1. The standard InChI is InChI=1S/C23H30N2O4S/c1-3-21(18-9-5-4-6-10-18)24-23(26)14-11-19-17-20(12-13-22(19)29-2)30(27,28)25-15-7-8-16-25/h4-6,9-10,12-13,17,21H,3,7-8,11,14-16H2,1-2H3,(H,24,26)/t21-/m0/s1. The van der Waals surface area contributed by atoms with Crippen LogP contribution in [-0.2, 0) is 21.2 Å². The Balaban J connectivity index is 1.70. The molecule has 0 spiro atoms. The van der Waals surface area contributed by atoms with Gasteiger partial charge in [0, 0.05) is 19.5 Å². The highest BCUT2D eigenvalue weighted by Crippen LogP contribution is 2.27. The monoisotopic (exact) mass is 430 g/mol. The number of nitrogens with zero attached hydrogens (tertiary/aromatic N) is 1. The molecule has 1 heterocycles. The Kier molecular flexibility index (Phi) is 7.50. The number of methoxy groups -OCH3 is 1. The van der Waals surface area contributed by atoms with E-state index < -0.39 is 10.0 Å². The molecular formula is C23H30N2O4S. The van der Waals surface area contributed by atoms with E-state index in [1.165, 1.54) is 4.31 Å². The van der Waals surface area contributed by atoms with Crippen molar-refractivity contribution in [1.82, 2.24) is 9.62 Å². The Morgan fingerprint density at radius 2 is 1.83 bits per heavy atom. The Bertz CT molecular complexity index is 954. The second-order valence-electron chi connectivity index (χ2n) is 7.52. The average Bonchev–Trinajstić information content (AvgIpc) is 3.32. The summed E-state index contributed by atoms with van der Waals surface area (Å²) in [6.45, 7) is 3.15. The lowest BCUT2D eigenvalue weighted by molar-refractivity contribution is -0.121. The first-order valence-corrected chi connectivity index (χ1v) is 11.9. The fourth-order valence-corrected chi connectivity index (χ4v) is 5.38. The van der Waals surface area contributed by atoms with Crippen LogP contribution in [0.25, 0.3) is 0 Å². The zero-order chi connectivity index (χ0) is 21.6. The lowest BCUT2D eigenvalue weighted by Crippen LogP contribution is -2.28. The van der Waals surface area contributed by atoms with E-state index in [1.807, 2.05) is 37.3 Å². The number of carbonyl (C=O) groups is 1. The van der Waals surface area contributed by atoms with Crippen LogP contribution in [0, 0.1) is 0 Å². The molecule has 1 saturated heterocycles. The first kappa shape index (κ1) is 22.3. The van der Waals surface area contributed by atoms with Crippen LogP contribution in [0.4, 0.5) is 0 Å². The molecule has 1 fully saturated rings. The Morgan fingerprint density at radius 1 is 1.13 bits per heavy atom. The average molecular weight is 431 g/mol. The van der Waals surface area contributed by atoms with Gasteiger partial charge in [0.05, 0.1) is 18.0 Å². The maximum Gasteiger partial charge on any atom is 0.243 e. The van der Waals surface area contributed by atoms with E-state index in [-0.39, 0.29) is 23.3 Å². The van der Waals surface area contributed by atoms with Crippen LogP contribution in [0.1, 0.15) is 49.8 Å². The fraction of sp³-hybridized carbons (Fsp3) is 0.435. The summed E-state index contributed by atoms with van der Waals surface area (Å²) in [6, 6.07) is 14.7. The van der Waals surface area contributed by atoms with Crippen LogP contribution < -0.4 is 10.1 Å². The third kappa shape index (κ3) is 5.21. The van der Waals surface area contributed by atoms with Crippen molar-refractivity contribution in [3.05, 3.63) is 59.7 Å². The first-order valence-electron chi connectivity index (χ1n) is 10.5. The third-order valence-electron chi connectivity index (χ3n) is 5.52. The predicted molar refractivity (Wildman–Crippen MR) is 117 cm³/mol. The van der Waals surface area contributed by atoms with Gasteiger partial charge < -0.3 is 10.1 Å². The van der Waals surface area contributed by atoms with Gasteiger partial charge in [-0.05, 0) is 55.0 Å². The molecule has 1 aliphatic heterocycles. The number of hydrogen-bond acceptors (Lipinski definition) is 4. The number of carbonyl (C=O) groups excluding carboxylic acids is 1. The van der Waals surface area contributed by atoms with Gasteiger partial charge in [-0.1, -0.05) is 37.3 Å². The molecular weight excluding hydrogens is 400 g/mol. The van der Waals surface area contributed by atoms with Gasteiger partial charge in [0.25, 0.3) is 0 Å². The molecule has 30 heavy (non-hydrogen) atoms. The lowest BCUT2D eigenvalue weighted by Gasteiger charge is -2.19. The second-order valence-corrected chi connectivity index (χ2v) is 9.46. The van der Waals surface area contributed by atoms with Crippen molar-refractivity contribution < 1.29 is 17.9 Å². The van der Waals surface area contributed by atoms with E-state index in [1.54, 1.807) is 25.3 Å².